The van der Waals surface area contributed by atoms with Gasteiger partial charge in [-0.15, -0.1) is 0 Å². The molecule has 0 aromatic heterocycles. The second-order valence-electron chi connectivity index (χ2n) is 15.4. The van der Waals surface area contributed by atoms with Crippen molar-refractivity contribution in [2.75, 3.05) is 19.0 Å². The second-order valence-corrected chi connectivity index (χ2v) is 16.9. The third-order valence-electron chi connectivity index (χ3n) is 9.86. The molecule has 0 bridgehead atoms. The third-order valence-corrected chi connectivity index (χ3v) is 10.6. The number of esters is 2. The summed E-state index contributed by atoms with van der Waals surface area (Å²) in [6, 6.07) is 0. The summed E-state index contributed by atoms with van der Waals surface area (Å²) in [4.78, 5) is 25.4. The molecular weight excluding hydrogens is 789 g/mol. The molecule has 0 radical (unpaired) electrons. The molecule has 0 saturated carbocycles. The van der Waals surface area contributed by atoms with Crippen LogP contribution in [0.2, 0.25) is 0 Å². The van der Waals surface area contributed by atoms with Crippen LogP contribution in [0.25, 0.3) is 0 Å². The van der Waals surface area contributed by atoms with Crippen LogP contribution in [0.15, 0.2) is 72.9 Å². The highest BCUT2D eigenvalue weighted by Crippen LogP contribution is 2.24. The van der Waals surface area contributed by atoms with Gasteiger partial charge in [-0.05, 0) is 64.2 Å². The van der Waals surface area contributed by atoms with E-state index in [9.17, 15) is 37.9 Å². The number of rotatable bonds is 36. The first kappa shape index (κ1) is 55.1. The van der Waals surface area contributed by atoms with Crippen molar-refractivity contribution in [3.8, 4) is 0 Å². The van der Waals surface area contributed by atoms with Gasteiger partial charge >= 0.3 is 11.9 Å². The highest BCUT2D eigenvalue weighted by atomic mass is 32.2. The second kappa shape index (κ2) is 36.7. The van der Waals surface area contributed by atoms with E-state index < -0.39 is 71.2 Å². The maximum atomic E-state index is 12.8. The predicted octanol–water partition coefficient (Wildman–Crippen LogP) is 9.11. The Morgan fingerprint density at radius 2 is 1.12 bits per heavy atom. The van der Waals surface area contributed by atoms with E-state index in [-0.39, 0.29) is 19.4 Å². The lowest BCUT2D eigenvalue weighted by molar-refractivity contribution is -0.297. The zero-order valence-electron chi connectivity index (χ0n) is 36.5. The lowest BCUT2D eigenvalue weighted by Gasteiger charge is -2.40. The van der Waals surface area contributed by atoms with Gasteiger partial charge in [0.2, 0.25) is 0 Å². The number of aliphatic hydroxyl groups excluding tert-OH is 3. The van der Waals surface area contributed by atoms with Crippen molar-refractivity contribution in [2.45, 2.75) is 192 Å². The lowest BCUT2D eigenvalue weighted by atomic mass is 10.00. The average Bonchev–Trinajstić information content (AvgIpc) is 3.21. The Morgan fingerprint density at radius 3 is 1.70 bits per heavy atom. The van der Waals surface area contributed by atoms with Gasteiger partial charge in [0.15, 0.2) is 12.4 Å². The Balaban J connectivity index is 2.47. The minimum absolute atomic E-state index is 0.132. The molecule has 1 rings (SSSR count). The summed E-state index contributed by atoms with van der Waals surface area (Å²) in [6.07, 6.45) is 36.5. The Bertz CT molecular complexity index is 1390. The molecule has 0 aromatic rings. The minimum atomic E-state index is -4.61. The summed E-state index contributed by atoms with van der Waals surface area (Å²) in [5.41, 5.74) is 0. The molecule has 344 valence electrons. The van der Waals surface area contributed by atoms with Crippen LogP contribution in [-0.2, 0) is 38.7 Å². The molecule has 0 spiro atoms. The van der Waals surface area contributed by atoms with Crippen molar-refractivity contribution < 1.29 is 56.8 Å². The Labute approximate surface area is 361 Å². The monoisotopic (exact) mass is 867 g/mol. The topological polar surface area (TPSA) is 186 Å². The van der Waals surface area contributed by atoms with Crippen molar-refractivity contribution in [1.29, 1.82) is 0 Å². The highest BCUT2D eigenvalue weighted by Gasteiger charge is 2.46. The first-order valence-electron chi connectivity index (χ1n) is 22.5. The van der Waals surface area contributed by atoms with E-state index in [4.69, 9.17) is 18.9 Å². The van der Waals surface area contributed by atoms with Crippen molar-refractivity contribution in [3.05, 3.63) is 72.9 Å². The van der Waals surface area contributed by atoms with E-state index in [0.717, 1.165) is 77.0 Å². The molecule has 1 fully saturated rings. The number of aliphatic hydroxyl groups is 3. The molecule has 2 unspecified atom stereocenters. The molecule has 6 atom stereocenters. The summed E-state index contributed by atoms with van der Waals surface area (Å²) < 4.78 is 54.0. The van der Waals surface area contributed by atoms with E-state index in [1.54, 1.807) is 0 Å². The summed E-state index contributed by atoms with van der Waals surface area (Å²) >= 11 is 0. The number of hydrogen-bond acceptors (Lipinski definition) is 11. The van der Waals surface area contributed by atoms with Gasteiger partial charge in [-0.1, -0.05) is 151 Å². The maximum Gasteiger partial charge on any atom is 0.306 e. The molecule has 0 aliphatic carbocycles. The van der Waals surface area contributed by atoms with E-state index in [2.05, 4.69) is 50.3 Å². The fraction of sp³-hybridized carbons (Fsp3) is 0.702. The van der Waals surface area contributed by atoms with Gasteiger partial charge < -0.3 is 34.3 Å². The predicted molar refractivity (Wildman–Crippen MR) is 238 cm³/mol. The summed E-state index contributed by atoms with van der Waals surface area (Å²) in [7, 11) is -4.61. The number of allylic oxidation sites excluding steroid dienone is 12. The molecule has 0 aromatic carbocycles. The molecule has 60 heavy (non-hydrogen) atoms. The highest BCUT2D eigenvalue weighted by molar-refractivity contribution is 7.85. The summed E-state index contributed by atoms with van der Waals surface area (Å²) in [5, 5.41) is 30.9. The molecule has 12 nitrogen and oxygen atoms in total. The van der Waals surface area contributed by atoms with E-state index in [1.165, 1.54) is 38.5 Å². The van der Waals surface area contributed by atoms with Gasteiger partial charge in [0.25, 0.3) is 10.1 Å². The summed E-state index contributed by atoms with van der Waals surface area (Å²) in [5.74, 6) is -2.03. The van der Waals surface area contributed by atoms with Gasteiger partial charge in [0, 0.05) is 12.8 Å². The van der Waals surface area contributed by atoms with Crippen LogP contribution in [0.4, 0.5) is 0 Å². The van der Waals surface area contributed by atoms with E-state index >= 15 is 0 Å². The van der Waals surface area contributed by atoms with Gasteiger partial charge in [-0.2, -0.15) is 8.42 Å². The van der Waals surface area contributed by atoms with Crippen molar-refractivity contribution >= 4 is 22.1 Å². The summed E-state index contributed by atoms with van der Waals surface area (Å²) in [6.45, 7) is 3.56. The smallest absolute Gasteiger partial charge is 0.306 e. The number of ether oxygens (including phenoxy) is 4. The number of carbonyl (C=O) groups excluding carboxylic acids is 2. The van der Waals surface area contributed by atoms with Crippen LogP contribution in [-0.4, -0.2) is 96.0 Å². The third kappa shape index (κ3) is 31.0. The van der Waals surface area contributed by atoms with Crippen LogP contribution in [0.3, 0.4) is 0 Å². The van der Waals surface area contributed by atoms with Gasteiger partial charge in [-0.25, -0.2) is 0 Å². The Kier molecular flexibility index (Phi) is 33.7. The Morgan fingerprint density at radius 1 is 0.600 bits per heavy atom. The average molecular weight is 867 g/mol. The van der Waals surface area contributed by atoms with Crippen LogP contribution in [0, 0.1) is 0 Å². The molecule has 1 aliphatic rings. The van der Waals surface area contributed by atoms with E-state index in [0.29, 0.717) is 12.8 Å². The molecule has 13 heteroatoms. The first-order chi connectivity index (χ1) is 29.0. The molecule has 4 N–H and O–H groups in total. The van der Waals surface area contributed by atoms with Crippen LogP contribution in [0.5, 0.6) is 0 Å². The van der Waals surface area contributed by atoms with E-state index in [1.807, 2.05) is 36.5 Å². The molecule has 1 saturated heterocycles. The maximum absolute atomic E-state index is 12.8. The standard InChI is InChI=1S/C47H78O12S/c1-3-5-7-9-11-13-15-17-19-20-22-23-25-27-29-31-33-35-42(48)56-37-40(38-57-47-46(52)45(51)44(50)41(59-47)39-60(53,54)55)58-43(49)36-34-32-30-28-26-24-21-18-16-14-12-10-8-6-4-2/h6,8,10-14,16-19,21,40-41,44-47,50-52H,3-5,7,9,15,20,22-39H2,1-2H3,(H,53,54,55)/b8-6+,12-10+,13-11+,16-14+,19-17+,21-18+/t40-,41-,44-,45?,46?,47+/m1/s1. The number of hydrogen-bond donors (Lipinski definition) is 4. The minimum Gasteiger partial charge on any atom is -0.462 e. The van der Waals surface area contributed by atoms with Gasteiger partial charge in [0.05, 0.1) is 6.61 Å². The molecular formula is C47H78O12S. The lowest BCUT2D eigenvalue weighted by Crippen LogP contribution is -2.60. The fourth-order valence-corrected chi connectivity index (χ4v) is 7.05. The van der Waals surface area contributed by atoms with Crippen LogP contribution < -0.4 is 0 Å². The number of carbonyl (C=O) groups is 2. The zero-order valence-corrected chi connectivity index (χ0v) is 37.3. The Hall–Kier alpha value is -2.91. The van der Waals surface area contributed by atoms with Crippen molar-refractivity contribution in [1.82, 2.24) is 0 Å². The SMILES string of the molecule is CC/C=C/C=C/C=C/C=C/CCCCCCCC(=O)O[C@H](COC(=O)CCCCCCCCC/C=C/C/C=C/CCCCC)CO[C@H]1O[C@H](CS(=O)(=O)O)[C@@H](O)C(O)C1O. The van der Waals surface area contributed by atoms with Gasteiger partial charge in [-0.3, -0.25) is 14.1 Å². The molecule has 1 aliphatic heterocycles. The zero-order chi connectivity index (χ0) is 44.1. The molecule has 0 amide bonds. The van der Waals surface area contributed by atoms with Crippen LogP contribution in [0.1, 0.15) is 155 Å². The first-order valence-corrected chi connectivity index (χ1v) is 24.2. The van der Waals surface area contributed by atoms with Crippen LogP contribution >= 0.6 is 0 Å². The van der Waals surface area contributed by atoms with Crippen molar-refractivity contribution in [3.63, 3.8) is 0 Å². The normalized spacial score (nSPS) is 20.8. The molecule has 1 heterocycles. The quantitative estimate of drug-likeness (QED) is 0.0154. The fourth-order valence-electron chi connectivity index (χ4n) is 6.36. The largest absolute Gasteiger partial charge is 0.462 e. The van der Waals surface area contributed by atoms with Gasteiger partial charge in [0.1, 0.15) is 36.8 Å². The number of unbranched alkanes of at least 4 members (excludes halogenated alkanes) is 15. The van der Waals surface area contributed by atoms with Crippen molar-refractivity contribution in [2.24, 2.45) is 0 Å².